The number of rotatable bonds is 7. The molecule has 0 fully saturated rings. The van der Waals surface area contributed by atoms with Gasteiger partial charge in [-0.1, -0.05) is 30.3 Å². The maximum absolute atomic E-state index is 9.65. The molecule has 0 saturated heterocycles. The molecule has 3 nitrogen and oxygen atoms in total. The van der Waals surface area contributed by atoms with E-state index in [0.717, 1.165) is 17.1 Å². The third-order valence-electron chi connectivity index (χ3n) is 3.51. The maximum atomic E-state index is 9.65. The standard InChI is InChI=1S/C17H21NO2S/c1-20-15-7-9-16(10-8-15)21-12-11-17(18,13-19)14-5-3-2-4-6-14/h2-10,19H,11-13,18H2,1H3. The lowest BCUT2D eigenvalue weighted by Gasteiger charge is -2.27. The quantitative estimate of drug-likeness (QED) is 0.772. The van der Waals surface area contributed by atoms with Gasteiger partial charge in [0.25, 0.3) is 0 Å². The van der Waals surface area contributed by atoms with Crippen LogP contribution in [0.2, 0.25) is 0 Å². The number of hydrogen-bond acceptors (Lipinski definition) is 4. The number of aliphatic hydroxyl groups is 1. The zero-order valence-electron chi connectivity index (χ0n) is 12.2. The van der Waals surface area contributed by atoms with Crippen LogP contribution in [0.1, 0.15) is 12.0 Å². The van der Waals surface area contributed by atoms with Crippen molar-refractivity contribution in [3.63, 3.8) is 0 Å². The van der Waals surface area contributed by atoms with E-state index in [9.17, 15) is 5.11 Å². The fourth-order valence-electron chi connectivity index (χ4n) is 2.11. The van der Waals surface area contributed by atoms with Gasteiger partial charge >= 0.3 is 0 Å². The fraction of sp³-hybridized carbons (Fsp3) is 0.294. The Labute approximate surface area is 130 Å². The second kappa shape index (κ2) is 7.50. The molecule has 0 radical (unpaired) electrons. The first-order valence-electron chi connectivity index (χ1n) is 6.90. The summed E-state index contributed by atoms with van der Waals surface area (Å²) < 4.78 is 5.14. The molecule has 0 aliphatic carbocycles. The van der Waals surface area contributed by atoms with Crippen LogP contribution in [0.5, 0.6) is 5.75 Å². The Morgan fingerprint density at radius 3 is 2.33 bits per heavy atom. The monoisotopic (exact) mass is 303 g/mol. The van der Waals surface area contributed by atoms with E-state index in [1.807, 2.05) is 54.6 Å². The number of aliphatic hydroxyl groups excluding tert-OH is 1. The fourth-order valence-corrected chi connectivity index (χ4v) is 3.14. The summed E-state index contributed by atoms with van der Waals surface area (Å²) in [5, 5.41) is 9.65. The topological polar surface area (TPSA) is 55.5 Å². The smallest absolute Gasteiger partial charge is 0.118 e. The van der Waals surface area contributed by atoms with Gasteiger partial charge in [0.1, 0.15) is 5.75 Å². The molecule has 4 heteroatoms. The minimum absolute atomic E-state index is 0.0554. The summed E-state index contributed by atoms with van der Waals surface area (Å²) in [6, 6.07) is 17.7. The highest BCUT2D eigenvalue weighted by atomic mass is 32.2. The number of methoxy groups -OCH3 is 1. The number of nitrogens with two attached hydrogens (primary N) is 1. The number of ether oxygens (including phenoxy) is 1. The molecule has 0 saturated carbocycles. The summed E-state index contributed by atoms with van der Waals surface area (Å²) in [5.41, 5.74) is 6.64. The van der Waals surface area contributed by atoms with Gasteiger partial charge in [-0.25, -0.2) is 0 Å². The SMILES string of the molecule is COc1ccc(SCCC(N)(CO)c2ccccc2)cc1. The van der Waals surface area contributed by atoms with Crippen LogP contribution >= 0.6 is 11.8 Å². The molecule has 112 valence electrons. The average Bonchev–Trinajstić information content (AvgIpc) is 2.56. The summed E-state index contributed by atoms with van der Waals surface area (Å²) in [4.78, 5) is 1.17. The van der Waals surface area contributed by atoms with Gasteiger partial charge in [0, 0.05) is 10.6 Å². The van der Waals surface area contributed by atoms with Crippen LogP contribution in [0, 0.1) is 0 Å². The molecule has 21 heavy (non-hydrogen) atoms. The number of hydrogen-bond donors (Lipinski definition) is 2. The highest BCUT2D eigenvalue weighted by molar-refractivity contribution is 7.99. The first-order valence-corrected chi connectivity index (χ1v) is 7.88. The Balaban J connectivity index is 1.94. The predicted octanol–water partition coefficient (Wildman–Crippen LogP) is 3.02. The lowest BCUT2D eigenvalue weighted by molar-refractivity contribution is 0.193. The zero-order chi connectivity index (χ0) is 15.1. The van der Waals surface area contributed by atoms with Gasteiger partial charge in [0.05, 0.1) is 19.3 Å². The predicted molar refractivity (Wildman–Crippen MR) is 87.7 cm³/mol. The van der Waals surface area contributed by atoms with Crippen LogP contribution in [0.15, 0.2) is 59.5 Å². The summed E-state index contributed by atoms with van der Waals surface area (Å²) in [6.45, 7) is -0.0554. The maximum Gasteiger partial charge on any atom is 0.118 e. The highest BCUT2D eigenvalue weighted by Gasteiger charge is 2.25. The van der Waals surface area contributed by atoms with Gasteiger partial charge in [0.15, 0.2) is 0 Å². The van der Waals surface area contributed by atoms with Gasteiger partial charge in [-0.05, 0) is 36.2 Å². The van der Waals surface area contributed by atoms with Crippen molar-refractivity contribution in [2.24, 2.45) is 5.73 Å². The van der Waals surface area contributed by atoms with E-state index in [1.165, 1.54) is 4.90 Å². The molecule has 0 aliphatic rings. The molecule has 2 rings (SSSR count). The molecule has 2 aromatic carbocycles. The normalized spacial score (nSPS) is 13.7. The Kier molecular flexibility index (Phi) is 5.67. The van der Waals surface area contributed by atoms with Crippen LogP contribution in [0.25, 0.3) is 0 Å². The van der Waals surface area contributed by atoms with Gasteiger partial charge in [-0.3, -0.25) is 0 Å². The van der Waals surface area contributed by atoms with Crippen molar-refractivity contribution in [3.05, 3.63) is 60.2 Å². The van der Waals surface area contributed by atoms with Crippen molar-refractivity contribution in [3.8, 4) is 5.75 Å². The van der Waals surface area contributed by atoms with Gasteiger partial charge in [0.2, 0.25) is 0 Å². The van der Waals surface area contributed by atoms with Gasteiger partial charge in [-0.2, -0.15) is 0 Å². The minimum Gasteiger partial charge on any atom is -0.497 e. The molecule has 0 amide bonds. The first kappa shape index (κ1) is 15.9. The minimum atomic E-state index is -0.680. The van der Waals surface area contributed by atoms with Crippen LogP contribution in [-0.4, -0.2) is 24.6 Å². The summed E-state index contributed by atoms with van der Waals surface area (Å²) >= 11 is 1.73. The van der Waals surface area contributed by atoms with E-state index in [4.69, 9.17) is 10.5 Å². The molecule has 0 bridgehead atoms. The van der Waals surface area contributed by atoms with E-state index < -0.39 is 5.54 Å². The zero-order valence-corrected chi connectivity index (χ0v) is 13.0. The lowest BCUT2D eigenvalue weighted by Crippen LogP contribution is -2.41. The molecule has 1 unspecified atom stereocenters. The molecule has 0 aliphatic heterocycles. The third-order valence-corrected chi connectivity index (χ3v) is 4.52. The third kappa shape index (κ3) is 4.24. The Morgan fingerprint density at radius 2 is 1.76 bits per heavy atom. The Bertz CT molecular complexity index is 544. The molecule has 2 aromatic rings. The van der Waals surface area contributed by atoms with E-state index in [-0.39, 0.29) is 6.61 Å². The van der Waals surface area contributed by atoms with Crippen molar-refractivity contribution in [1.29, 1.82) is 0 Å². The first-order chi connectivity index (χ1) is 10.2. The second-order valence-corrected chi connectivity index (χ2v) is 6.12. The molecular weight excluding hydrogens is 282 g/mol. The van der Waals surface area contributed by atoms with Crippen LogP contribution in [0.4, 0.5) is 0 Å². The van der Waals surface area contributed by atoms with Crippen molar-refractivity contribution < 1.29 is 9.84 Å². The molecule has 0 heterocycles. The largest absolute Gasteiger partial charge is 0.497 e. The van der Waals surface area contributed by atoms with Gasteiger partial charge < -0.3 is 15.6 Å². The van der Waals surface area contributed by atoms with Gasteiger partial charge in [-0.15, -0.1) is 11.8 Å². The summed E-state index contributed by atoms with van der Waals surface area (Å²) in [5.74, 6) is 1.70. The Hall–Kier alpha value is -1.49. The summed E-state index contributed by atoms with van der Waals surface area (Å²) in [6.07, 6.45) is 0.713. The molecule has 1 atom stereocenters. The van der Waals surface area contributed by atoms with Crippen LogP contribution < -0.4 is 10.5 Å². The Morgan fingerprint density at radius 1 is 1.10 bits per heavy atom. The van der Waals surface area contributed by atoms with Crippen LogP contribution in [0.3, 0.4) is 0 Å². The van der Waals surface area contributed by atoms with Crippen molar-refractivity contribution in [1.82, 2.24) is 0 Å². The molecular formula is C17H21NO2S. The lowest BCUT2D eigenvalue weighted by atomic mass is 9.89. The average molecular weight is 303 g/mol. The molecule has 0 aromatic heterocycles. The van der Waals surface area contributed by atoms with E-state index in [1.54, 1.807) is 18.9 Å². The van der Waals surface area contributed by atoms with Crippen molar-refractivity contribution >= 4 is 11.8 Å². The highest BCUT2D eigenvalue weighted by Crippen LogP contribution is 2.27. The van der Waals surface area contributed by atoms with E-state index in [0.29, 0.717) is 6.42 Å². The molecule has 0 spiro atoms. The molecule has 3 N–H and O–H groups in total. The van der Waals surface area contributed by atoms with Crippen LogP contribution in [-0.2, 0) is 5.54 Å². The second-order valence-electron chi connectivity index (χ2n) is 4.95. The van der Waals surface area contributed by atoms with E-state index in [2.05, 4.69) is 0 Å². The van der Waals surface area contributed by atoms with Crippen molar-refractivity contribution in [2.75, 3.05) is 19.5 Å². The van der Waals surface area contributed by atoms with Crippen molar-refractivity contribution in [2.45, 2.75) is 16.9 Å². The summed E-state index contributed by atoms with van der Waals surface area (Å²) in [7, 11) is 1.66. The number of thioether (sulfide) groups is 1. The van der Waals surface area contributed by atoms with E-state index >= 15 is 0 Å². The number of benzene rings is 2.